The molecule has 0 aromatic rings. The average Bonchev–Trinajstić information content (AvgIpc) is 2.03. The molecule has 0 unspecified atom stereocenters. The van der Waals surface area contributed by atoms with Crippen LogP contribution in [0.3, 0.4) is 0 Å². The summed E-state index contributed by atoms with van der Waals surface area (Å²) in [5.41, 5.74) is 4.84. The van der Waals surface area contributed by atoms with Crippen molar-refractivity contribution in [1.29, 1.82) is 0 Å². The minimum absolute atomic E-state index is 0.645. The second kappa shape index (κ2) is 6.19. The van der Waals surface area contributed by atoms with Gasteiger partial charge in [0.2, 0.25) is 0 Å². The van der Waals surface area contributed by atoms with Crippen molar-refractivity contribution in [2.45, 2.75) is 13.8 Å². The van der Waals surface area contributed by atoms with E-state index in [0.29, 0.717) is 0 Å². The molecule has 0 aromatic carbocycles. The third kappa shape index (κ3) is 3.87. The molecule has 0 saturated heterocycles. The van der Waals surface area contributed by atoms with Gasteiger partial charge in [0.25, 0.3) is 0 Å². The summed E-state index contributed by atoms with van der Waals surface area (Å²) in [6, 6.07) is 0. The highest BCUT2D eigenvalue weighted by Crippen LogP contribution is 2.20. The lowest BCUT2D eigenvalue weighted by Gasteiger charge is -2.15. The smallest absolute Gasteiger partial charge is 0.331 e. The Labute approximate surface area is 80.5 Å². The zero-order valence-electron chi connectivity index (χ0n) is 7.07. The predicted molar refractivity (Wildman–Crippen MR) is 52.3 cm³/mol. The number of carbonyl (C=O) groups excluding carboxylic acids is 2. The van der Waals surface area contributed by atoms with Gasteiger partial charge in [0.15, 0.2) is 0 Å². The summed E-state index contributed by atoms with van der Waals surface area (Å²) in [4.78, 5) is 21.5. The van der Waals surface area contributed by atoms with Crippen LogP contribution in [-0.2, 0) is 9.59 Å². The van der Waals surface area contributed by atoms with Crippen LogP contribution in [0.25, 0.3) is 0 Å². The fraction of sp³-hybridized carbons (Fsp3) is 0.667. The van der Waals surface area contributed by atoms with Crippen LogP contribution in [0.1, 0.15) is 13.8 Å². The van der Waals surface area contributed by atoms with E-state index in [1.807, 2.05) is 13.8 Å². The van der Waals surface area contributed by atoms with Crippen molar-refractivity contribution in [2.24, 2.45) is 5.73 Å². The third-order valence-electron chi connectivity index (χ3n) is 0.869. The Morgan fingerprint density at radius 1 is 1.25 bits per heavy atom. The maximum Gasteiger partial charge on any atom is 0.331 e. The molecule has 0 aliphatic rings. The summed E-state index contributed by atoms with van der Waals surface area (Å²) in [5.74, 6) is -0.0662. The van der Waals surface area contributed by atoms with E-state index in [1.54, 1.807) is 0 Å². The lowest BCUT2D eigenvalue weighted by Crippen LogP contribution is -2.32. The van der Waals surface area contributed by atoms with Crippen LogP contribution in [0.15, 0.2) is 0 Å². The van der Waals surface area contributed by atoms with Crippen molar-refractivity contribution in [3.05, 3.63) is 0 Å². The number of nitrogens with zero attached hydrogens (tertiary/aromatic N) is 1. The molecule has 2 N–H and O–H groups in total. The maximum absolute atomic E-state index is 11.0. The monoisotopic (exact) mass is 208 g/mol. The highest BCUT2D eigenvalue weighted by atomic mass is 32.2. The number of carbonyl (C=O) groups is 2. The molecule has 2 amide bonds. The lowest BCUT2D eigenvalue weighted by molar-refractivity contribution is -0.138. The Morgan fingerprint density at radius 2 is 1.67 bits per heavy atom. The van der Waals surface area contributed by atoms with Crippen LogP contribution < -0.4 is 5.73 Å². The molecule has 0 aliphatic carbocycles. The maximum atomic E-state index is 11.0. The lowest BCUT2D eigenvalue weighted by atomic mass is 10.6. The Morgan fingerprint density at radius 3 is 1.92 bits per heavy atom. The molecule has 70 valence electrons. The average molecular weight is 208 g/mol. The zero-order chi connectivity index (χ0) is 9.56. The van der Waals surface area contributed by atoms with E-state index in [1.165, 1.54) is 27.6 Å². The van der Waals surface area contributed by atoms with E-state index in [-0.39, 0.29) is 0 Å². The van der Waals surface area contributed by atoms with Crippen LogP contribution in [0, 0.1) is 0 Å². The first kappa shape index (κ1) is 11.6. The molecule has 0 bridgehead atoms. The quantitative estimate of drug-likeness (QED) is 0.544. The van der Waals surface area contributed by atoms with Gasteiger partial charge in [0.05, 0.1) is 0 Å². The van der Waals surface area contributed by atoms with Gasteiger partial charge in [-0.2, -0.15) is 0 Å². The summed E-state index contributed by atoms with van der Waals surface area (Å²) in [5, 5.41) is 0. The van der Waals surface area contributed by atoms with Crippen molar-refractivity contribution in [3.8, 4) is 0 Å². The first-order valence-electron chi connectivity index (χ1n) is 3.53. The van der Waals surface area contributed by atoms with Gasteiger partial charge in [0, 0.05) is 11.5 Å². The van der Waals surface area contributed by atoms with Gasteiger partial charge in [-0.05, 0) is 23.9 Å². The minimum atomic E-state index is -0.906. The third-order valence-corrected chi connectivity index (χ3v) is 2.82. The van der Waals surface area contributed by atoms with E-state index in [9.17, 15) is 9.59 Å². The molecule has 0 saturated carbocycles. The molecule has 0 radical (unpaired) electrons. The molecular weight excluding hydrogens is 196 g/mol. The Bertz CT molecular complexity index is 169. The fourth-order valence-corrected chi connectivity index (χ4v) is 2.29. The summed E-state index contributed by atoms with van der Waals surface area (Å²) < 4.78 is 1.32. The van der Waals surface area contributed by atoms with Gasteiger partial charge in [-0.3, -0.25) is 9.59 Å². The van der Waals surface area contributed by atoms with Gasteiger partial charge in [-0.15, -0.1) is 0 Å². The highest BCUT2D eigenvalue weighted by molar-refractivity contribution is 8.12. The molecule has 0 heterocycles. The first-order valence-corrected chi connectivity index (χ1v) is 5.41. The second-order valence-corrected chi connectivity index (χ2v) is 4.39. The predicted octanol–water partition coefficient (Wildman–Crippen LogP) is 0.636. The molecular formula is C6H12N2O2S2. The van der Waals surface area contributed by atoms with Gasteiger partial charge in [-0.25, -0.2) is 3.71 Å². The van der Waals surface area contributed by atoms with Gasteiger partial charge >= 0.3 is 11.8 Å². The van der Waals surface area contributed by atoms with Crippen LogP contribution in [0.2, 0.25) is 0 Å². The van der Waals surface area contributed by atoms with E-state index >= 15 is 0 Å². The van der Waals surface area contributed by atoms with Crippen LogP contribution in [-0.4, -0.2) is 27.0 Å². The fourth-order valence-electron chi connectivity index (χ4n) is 0.479. The standard InChI is InChI=1S/C6H12N2O2S2/c1-3-11-8(12-4-2)6(10)5(7)9/h3-4H2,1-2H3,(H2,7,9). The van der Waals surface area contributed by atoms with Crippen LogP contribution in [0.5, 0.6) is 0 Å². The first-order chi connectivity index (χ1) is 5.63. The van der Waals surface area contributed by atoms with Crippen LogP contribution in [0.4, 0.5) is 0 Å². The van der Waals surface area contributed by atoms with E-state index in [0.717, 1.165) is 11.5 Å². The van der Waals surface area contributed by atoms with Crippen LogP contribution >= 0.6 is 23.9 Å². The molecule has 4 nitrogen and oxygen atoms in total. The van der Waals surface area contributed by atoms with Gasteiger partial charge < -0.3 is 5.73 Å². The van der Waals surface area contributed by atoms with Crippen molar-refractivity contribution >= 4 is 35.7 Å². The Kier molecular flexibility index (Phi) is 6.00. The molecule has 0 fully saturated rings. The van der Waals surface area contributed by atoms with E-state index in [2.05, 4.69) is 0 Å². The van der Waals surface area contributed by atoms with Crippen molar-refractivity contribution in [3.63, 3.8) is 0 Å². The molecule has 12 heavy (non-hydrogen) atoms. The number of primary amides is 1. The van der Waals surface area contributed by atoms with E-state index in [4.69, 9.17) is 5.73 Å². The number of amides is 2. The summed E-state index contributed by atoms with van der Waals surface area (Å²) >= 11 is 2.57. The molecule has 0 aromatic heterocycles. The Hall–Kier alpha value is -0.360. The van der Waals surface area contributed by atoms with Crippen molar-refractivity contribution in [2.75, 3.05) is 11.5 Å². The van der Waals surface area contributed by atoms with Crippen molar-refractivity contribution < 1.29 is 9.59 Å². The largest absolute Gasteiger partial charge is 0.361 e. The van der Waals surface area contributed by atoms with E-state index < -0.39 is 11.8 Å². The SMILES string of the molecule is CCSN(SCC)C(=O)C(N)=O. The number of rotatable bonds is 4. The summed E-state index contributed by atoms with van der Waals surface area (Å²) in [6.07, 6.45) is 0. The summed E-state index contributed by atoms with van der Waals surface area (Å²) in [6.45, 7) is 3.81. The number of nitrogens with two attached hydrogens (primary N) is 1. The van der Waals surface area contributed by atoms with Crippen molar-refractivity contribution in [1.82, 2.24) is 3.71 Å². The van der Waals surface area contributed by atoms with Gasteiger partial charge in [-0.1, -0.05) is 13.8 Å². The molecule has 0 spiro atoms. The molecule has 0 rings (SSSR count). The topological polar surface area (TPSA) is 63.4 Å². The summed E-state index contributed by atoms with van der Waals surface area (Å²) in [7, 11) is 0. The molecule has 0 aliphatic heterocycles. The molecule has 0 atom stereocenters. The minimum Gasteiger partial charge on any atom is -0.361 e. The molecule has 6 heteroatoms. The normalized spacial score (nSPS) is 9.50. The zero-order valence-corrected chi connectivity index (χ0v) is 8.70. The number of hydrogen-bond donors (Lipinski definition) is 1. The number of hydrogen-bond acceptors (Lipinski definition) is 4. The highest BCUT2D eigenvalue weighted by Gasteiger charge is 2.18. The second-order valence-electron chi connectivity index (χ2n) is 1.76. The Balaban J connectivity index is 4.08. The van der Waals surface area contributed by atoms with Gasteiger partial charge in [0.1, 0.15) is 0 Å².